The van der Waals surface area contributed by atoms with Crippen LogP contribution >= 0.6 is 24.0 Å². The molecule has 0 aromatic heterocycles. The fourth-order valence-corrected chi connectivity index (χ4v) is 1.82. The molecule has 2 rings (SSSR count). The van der Waals surface area contributed by atoms with Crippen molar-refractivity contribution in [1.82, 2.24) is 0 Å². The predicted octanol–water partition coefficient (Wildman–Crippen LogP) is 3.93. The summed E-state index contributed by atoms with van der Waals surface area (Å²) >= 11 is 0. The predicted molar refractivity (Wildman–Crippen MR) is 96.6 cm³/mol. The van der Waals surface area contributed by atoms with Gasteiger partial charge in [-0.05, 0) is 41.8 Å². The highest BCUT2D eigenvalue weighted by molar-refractivity contribution is 14.0. The third-order valence-electron chi connectivity index (χ3n) is 2.96. The molecule has 0 saturated heterocycles. The zero-order valence-electron chi connectivity index (χ0n) is 11.8. The summed E-state index contributed by atoms with van der Waals surface area (Å²) in [5.74, 6) is 0.0536. The standard InChI is InChI=1S/C16H18FN3.HI/c1-2-12-6-8-15(9-7-12)20-16(18)19-11-13-4-3-5-14(17)10-13;/h3-10H,2,11H2,1H3,(H3,18,19,20);1H. The number of nitrogens with two attached hydrogens (primary N) is 1. The van der Waals surface area contributed by atoms with Crippen LogP contribution in [0.1, 0.15) is 18.1 Å². The third-order valence-corrected chi connectivity index (χ3v) is 2.96. The second-order valence-corrected chi connectivity index (χ2v) is 4.51. The van der Waals surface area contributed by atoms with Crippen molar-refractivity contribution in [2.24, 2.45) is 10.7 Å². The molecule has 0 saturated carbocycles. The molecular weight excluding hydrogens is 380 g/mol. The Bertz CT molecular complexity index is 597. The van der Waals surface area contributed by atoms with E-state index < -0.39 is 0 Å². The Labute approximate surface area is 141 Å². The molecule has 3 N–H and O–H groups in total. The summed E-state index contributed by atoms with van der Waals surface area (Å²) in [4.78, 5) is 4.19. The normalized spacial score (nSPS) is 10.9. The van der Waals surface area contributed by atoms with Crippen LogP contribution in [0.4, 0.5) is 10.1 Å². The average molecular weight is 399 g/mol. The van der Waals surface area contributed by atoms with E-state index >= 15 is 0 Å². The van der Waals surface area contributed by atoms with Crippen LogP contribution in [0.3, 0.4) is 0 Å². The quantitative estimate of drug-likeness (QED) is 0.465. The molecule has 0 fully saturated rings. The monoisotopic (exact) mass is 399 g/mol. The molecular formula is C16H19FIN3. The van der Waals surface area contributed by atoms with Gasteiger partial charge in [-0.2, -0.15) is 0 Å². The van der Waals surface area contributed by atoms with Gasteiger partial charge in [0, 0.05) is 5.69 Å². The van der Waals surface area contributed by atoms with Crippen molar-refractivity contribution in [1.29, 1.82) is 0 Å². The maximum atomic E-state index is 13.0. The molecule has 5 heteroatoms. The summed E-state index contributed by atoms with van der Waals surface area (Å²) in [6.45, 7) is 2.46. The lowest BCUT2D eigenvalue weighted by atomic mass is 10.1. The number of nitrogens with zero attached hydrogens (tertiary/aromatic N) is 1. The maximum absolute atomic E-state index is 13.0. The maximum Gasteiger partial charge on any atom is 0.193 e. The molecule has 0 aliphatic rings. The van der Waals surface area contributed by atoms with Gasteiger partial charge >= 0.3 is 0 Å². The highest BCUT2D eigenvalue weighted by Crippen LogP contribution is 2.10. The van der Waals surface area contributed by atoms with E-state index in [9.17, 15) is 4.39 Å². The van der Waals surface area contributed by atoms with Crippen molar-refractivity contribution in [3.8, 4) is 0 Å². The van der Waals surface area contributed by atoms with Gasteiger partial charge in [-0.1, -0.05) is 31.2 Å². The number of halogens is 2. The molecule has 0 amide bonds. The Morgan fingerprint density at radius 2 is 1.86 bits per heavy atom. The number of benzene rings is 2. The summed E-state index contributed by atoms with van der Waals surface area (Å²) < 4.78 is 13.0. The molecule has 0 heterocycles. The smallest absolute Gasteiger partial charge is 0.193 e. The number of guanidine groups is 1. The molecule has 2 aromatic carbocycles. The molecule has 0 radical (unpaired) electrons. The first-order valence-electron chi connectivity index (χ1n) is 6.57. The van der Waals surface area contributed by atoms with Gasteiger partial charge in [0.1, 0.15) is 5.82 Å². The van der Waals surface area contributed by atoms with E-state index in [1.807, 2.05) is 30.3 Å². The van der Waals surface area contributed by atoms with Crippen molar-refractivity contribution < 1.29 is 4.39 Å². The number of hydrogen-bond donors (Lipinski definition) is 2. The zero-order chi connectivity index (χ0) is 14.4. The Hall–Kier alpha value is -1.63. The van der Waals surface area contributed by atoms with Gasteiger partial charge in [-0.3, -0.25) is 0 Å². The van der Waals surface area contributed by atoms with Crippen molar-refractivity contribution in [2.75, 3.05) is 5.32 Å². The van der Waals surface area contributed by atoms with E-state index in [1.54, 1.807) is 6.07 Å². The van der Waals surface area contributed by atoms with E-state index in [2.05, 4.69) is 17.2 Å². The highest BCUT2D eigenvalue weighted by Gasteiger charge is 1.97. The minimum atomic E-state index is -0.264. The summed E-state index contributed by atoms with van der Waals surface area (Å²) in [5.41, 5.74) is 8.76. The number of hydrogen-bond acceptors (Lipinski definition) is 1. The van der Waals surface area contributed by atoms with Gasteiger partial charge in [0.25, 0.3) is 0 Å². The fourth-order valence-electron chi connectivity index (χ4n) is 1.82. The van der Waals surface area contributed by atoms with Crippen LogP contribution in [0, 0.1) is 5.82 Å². The number of aryl methyl sites for hydroxylation is 1. The highest BCUT2D eigenvalue weighted by atomic mass is 127. The lowest BCUT2D eigenvalue weighted by Gasteiger charge is -2.06. The van der Waals surface area contributed by atoms with Crippen LogP contribution in [0.25, 0.3) is 0 Å². The molecule has 0 aliphatic carbocycles. The van der Waals surface area contributed by atoms with Gasteiger partial charge < -0.3 is 11.1 Å². The van der Waals surface area contributed by atoms with Crippen molar-refractivity contribution in [2.45, 2.75) is 19.9 Å². The molecule has 0 spiro atoms. The lowest BCUT2D eigenvalue weighted by Crippen LogP contribution is -2.22. The van der Waals surface area contributed by atoms with Crippen LogP contribution in [-0.2, 0) is 13.0 Å². The molecule has 2 aromatic rings. The summed E-state index contributed by atoms with van der Waals surface area (Å²) in [6, 6.07) is 14.3. The first kappa shape index (κ1) is 17.4. The lowest BCUT2D eigenvalue weighted by molar-refractivity contribution is 0.625. The summed E-state index contributed by atoms with van der Waals surface area (Å²) in [6.07, 6.45) is 1.00. The van der Waals surface area contributed by atoms with Gasteiger partial charge in [0.05, 0.1) is 6.54 Å². The SMILES string of the molecule is CCc1ccc(NC(N)=NCc2cccc(F)c2)cc1.I. The Balaban J connectivity index is 0.00000220. The summed E-state index contributed by atoms with van der Waals surface area (Å²) in [5, 5.41) is 3.01. The Morgan fingerprint density at radius 1 is 1.14 bits per heavy atom. The molecule has 3 nitrogen and oxygen atoms in total. The molecule has 0 atom stereocenters. The first-order chi connectivity index (χ1) is 9.67. The zero-order valence-corrected chi connectivity index (χ0v) is 14.2. The minimum Gasteiger partial charge on any atom is -0.370 e. The Morgan fingerprint density at radius 3 is 2.48 bits per heavy atom. The van der Waals surface area contributed by atoms with Gasteiger partial charge in [-0.25, -0.2) is 9.38 Å². The van der Waals surface area contributed by atoms with Crippen LogP contribution in [0.5, 0.6) is 0 Å². The van der Waals surface area contributed by atoms with Crippen LogP contribution in [0.15, 0.2) is 53.5 Å². The van der Waals surface area contributed by atoms with E-state index in [-0.39, 0.29) is 29.8 Å². The number of aliphatic imine (C=N–C) groups is 1. The summed E-state index contributed by atoms with van der Waals surface area (Å²) in [7, 11) is 0. The molecule has 0 unspecified atom stereocenters. The van der Waals surface area contributed by atoms with Crippen LogP contribution in [-0.4, -0.2) is 5.96 Å². The van der Waals surface area contributed by atoms with E-state index in [0.29, 0.717) is 12.5 Å². The minimum absolute atomic E-state index is 0. The van der Waals surface area contributed by atoms with Crippen LogP contribution in [0.2, 0.25) is 0 Å². The first-order valence-corrected chi connectivity index (χ1v) is 6.57. The second kappa shape index (κ2) is 8.61. The van der Waals surface area contributed by atoms with Gasteiger partial charge in [0.15, 0.2) is 5.96 Å². The van der Waals surface area contributed by atoms with Gasteiger partial charge in [0.2, 0.25) is 0 Å². The molecule has 112 valence electrons. The van der Waals surface area contributed by atoms with E-state index in [0.717, 1.165) is 17.7 Å². The fraction of sp³-hybridized carbons (Fsp3) is 0.188. The van der Waals surface area contributed by atoms with E-state index in [4.69, 9.17) is 5.73 Å². The number of nitrogens with one attached hydrogen (secondary N) is 1. The van der Waals surface area contributed by atoms with E-state index in [1.165, 1.54) is 17.7 Å². The third kappa shape index (κ3) is 5.71. The largest absolute Gasteiger partial charge is 0.370 e. The number of rotatable bonds is 4. The average Bonchev–Trinajstić information content (AvgIpc) is 2.46. The van der Waals surface area contributed by atoms with Crippen molar-refractivity contribution in [3.63, 3.8) is 0 Å². The second-order valence-electron chi connectivity index (χ2n) is 4.51. The molecule has 0 aliphatic heterocycles. The van der Waals surface area contributed by atoms with Crippen molar-refractivity contribution in [3.05, 3.63) is 65.5 Å². The van der Waals surface area contributed by atoms with Gasteiger partial charge in [-0.15, -0.1) is 24.0 Å². The number of anilines is 1. The molecule has 0 bridgehead atoms. The van der Waals surface area contributed by atoms with Crippen molar-refractivity contribution >= 4 is 35.6 Å². The topological polar surface area (TPSA) is 50.4 Å². The molecule has 21 heavy (non-hydrogen) atoms. The Kier molecular flexibility index (Phi) is 7.14. The van der Waals surface area contributed by atoms with Crippen LogP contribution < -0.4 is 11.1 Å².